The Bertz CT molecular complexity index is 397. The summed E-state index contributed by atoms with van der Waals surface area (Å²) in [7, 11) is 0. The van der Waals surface area contributed by atoms with Gasteiger partial charge in [0.25, 0.3) is 5.92 Å². The molecule has 1 aliphatic carbocycles. The van der Waals surface area contributed by atoms with E-state index < -0.39 is 17.3 Å². The van der Waals surface area contributed by atoms with Crippen molar-refractivity contribution in [1.82, 2.24) is 0 Å². The summed E-state index contributed by atoms with van der Waals surface area (Å²) in [6.45, 7) is 0.0650. The summed E-state index contributed by atoms with van der Waals surface area (Å²) >= 11 is 0. The lowest BCUT2D eigenvalue weighted by Crippen LogP contribution is -2.31. The number of alkyl halides is 2. The van der Waals surface area contributed by atoms with Crippen LogP contribution in [0.1, 0.15) is 12.8 Å². The lowest BCUT2D eigenvalue weighted by Gasteiger charge is -2.11. The summed E-state index contributed by atoms with van der Waals surface area (Å²) < 4.78 is 43.3. The van der Waals surface area contributed by atoms with Gasteiger partial charge in [0.05, 0.1) is 12.1 Å². The van der Waals surface area contributed by atoms with Crippen molar-refractivity contribution in [2.24, 2.45) is 5.73 Å². The Morgan fingerprint density at radius 1 is 1.38 bits per heavy atom. The first kappa shape index (κ1) is 11.3. The van der Waals surface area contributed by atoms with Crippen LogP contribution in [0.15, 0.2) is 24.3 Å². The smallest absolute Gasteiger partial charge is 0.268 e. The van der Waals surface area contributed by atoms with E-state index in [0.717, 1.165) is 0 Å². The second kappa shape index (κ2) is 3.66. The number of ether oxygens (including phenoxy) is 1. The van der Waals surface area contributed by atoms with Gasteiger partial charge in [0.2, 0.25) is 0 Å². The maximum Gasteiger partial charge on any atom is 0.268 e. The van der Waals surface area contributed by atoms with E-state index in [4.69, 9.17) is 10.5 Å². The summed E-state index contributed by atoms with van der Waals surface area (Å²) in [5.74, 6) is -2.87. The third-order valence-corrected chi connectivity index (χ3v) is 2.75. The number of benzene rings is 1. The van der Waals surface area contributed by atoms with Gasteiger partial charge in [-0.2, -0.15) is 0 Å². The molecule has 1 aromatic carbocycles. The molecule has 16 heavy (non-hydrogen) atoms. The predicted octanol–water partition coefficient (Wildman–Crippen LogP) is 2.33. The van der Waals surface area contributed by atoms with E-state index in [0.29, 0.717) is 5.75 Å². The van der Waals surface area contributed by atoms with Gasteiger partial charge in [-0.15, -0.1) is 0 Å². The topological polar surface area (TPSA) is 35.2 Å². The van der Waals surface area contributed by atoms with Crippen LogP contribution in [0.25, 0.3) is 0 Å². The van der Waals surface area contributed by atoms with Crippen molar-refractivity contribution >= 4 is 0 Å². The van der Waals surface area contributed by atoms with Crippen LogP contribution < -0.4 is 10.5 Å². The molecule has 2 rings (SSSR count). The minimum atomic E-state index is -2.78. The van der Waals surface area contributed by atoms with Crippen molar-refractivity contribution in [1.29, 1.82) is 0 Å². The van der Waals surface area contributed by atoms with Crippen molar-refractivity contribution in [3.05, 3.63) is 30.1 Å². The highest BCUT2D eigenvalue weighted by atomic mass is 19.3. The maximum atomic E-state index is 12.7. The highest BCUT2D eigenvalue weighted by molar-refractivity contribution is 5.22. The molecule has 1 aliphatic rings. The summed E-state index contributed by atoms with van der Waals surface area (Å²) in [6, 6.07) is 5.55. The van der Waals surface area contributed by atoms with Crippen LogP contribution in [-0.4, -0.2) is 18.1 Å². The van der Waals surface area contributed by atoms with Crippen LogP contribution in [0.4, 0.5) is 13.2 Å². The molecule has 0 radical (unpaired) electrons. The first-order valence-corrected chi connectivity index (χ1v) is 4.98. The molecule has 1 aromatic rings. The van der Waals surface area contributed by atoms with Crippen molar-refractivity contribution in [2.45, 2.75) is 24.3 Å². The quantitative estimate of drug-likeness (QED) is 0.863. The molecular formula is C11H12F3NO. The second-order valence-corrected chi connectivity index (χ2v) is 4.09. The number of hydrogen-bond donors (Lipinski definition) is 1. The molecule has 88 valence electrons. The van der Waals surface area contributed by atoms with E-state index in [1.165, 1.54) is 18.2 Å². The SMILES string of the molecule is NC1(CCOc2cccc(F)c2)CC1(F)F. The maximum absolute atomic E-state index is 12.7. The van der Waals surface area contributed by atoms with Crippen molar-refractivity contribution in [3.8, 4) is 5.75 Å². The molecule has 0 aromatic heterocycles. The molecule has 0 heterocycles. The number of halogens is 3. The second-order valence-electron chi connectivity index (χ2n) is 4.09. The minimum Gasteiger partial charge on any atom is -0.493 e. The molecule has 0 spiro atoms. The first-order valence-electron chi connectivity index (χ1n) is 4.98. The van der Waals surface area contributed by atoms with Gasteiger partial charge in [-0.1, -0.05) is 6.07 Å². The fourth-order valence-corrected chi connectivity index (χ4v) is 1.53. The van der Waals surface area contributed by atoms with E-state index in [-0.39, 0.29) is 19.4 Å². The Hall–Kier alpha value is -1.23. The van der Waals surface area contributed by atoms with Crippen LogP contribution in [0.3, 0.4) is 0 Å². The molecule has 5 heteroatoms. The summed E-state index contributed by atoms with van der Waals surface area (Å²) in [5, 5.41) is 0. The van der Waals surface area contributed by atoms with Crippen LogP contribution in [-0.2, 0) is 0 Å². The Morgan fingerprint density at radius 2 is 2.06 bits per heavy atom. The van der Waals surface area contributed by atoms with Gasteiger partial charge in [-0.3, -0.25) is 0 Å². The van der Waals surface area contributed by atoms with Gasteiger partial charge >= 0.3 is 0 Å². The van der Waals surface area contributed by atoms with Crippen molar-refractivity contribution in [3.63, 3.8) is 0 Å². The van der Waals surface area contributed by atoms with Gasteiger partial charge in [0.15, 0.2) is 0 Å². The highest BCUT2D eigenvalue weighted by Gasteiger charge is 2.68. The van der Waals surface area contributed by atoms with E-state index >= 15 is 0 Å². The van der Waals surface area contributed by atoms with Crippen molar-refractivity contribution < 1.29 is 17.9 Å². The molecule has 1 saturated carbocycles. The number of hydrogen-bond acceptors (Lipinski definition) is 2. The highest BCUT2D eigenvalue weighted by Crippen LogP contribution is 2.52. The van der Waals surface area contributed by atoms with Crippen LogP contribution in [0, 0.1) is 5.82 Å². The Balaban J connectivity index is 1.81. The van der Waals surface area contributed by atoms with Gasteiger partial charge in [-0.05, 0) is 12.1 Å². The van der Waals surface area contributed by atoms with Crippen LogP contribution in [0.5, 0.6) is 5.75 Å². The lowest BCUT2D eigenvalue weighted by atomic mass is 10.2. The minimum absolute atomic E-state index is 0.0650. The molecule has 2 N–H and O–H groups in total. The average Bonchev–Trinajstić information content (AvgIpc) is 2.65. The Morgan fingerprint density at radius 3 is 2.62 bits per heavy atom. The molecule has 1 fully saturated rings. The zero-order valence-electron chi connectivity index (χ0n) is 8.55. The molecule has 0 saturated heterocycles. The molecule has 0 aliphatic heterocycles. The van der Waals surface area contributed by atoms with Gasteiger partial charge < -0.3 is 10.5 Å². The monoisotopic (exact) mass is 231 g/mol. The first-order chi connectivity index (χ1) is 7.43. The normalized spacial score (nSPS) is 26.5. The van der Waals surface area contributed by atoms with E-state index in [2.05, 4.69) is 0 Å². The summed E-state index contributed by atoms with van der Waals surface area (Å²) in [5.41, 5.74) is 3.98. The van der Waals surface area contributed by atoms with Crippen LogP contribution in [0.2, 0.25) is 0 Å². The molecule has 0 bridgehead atoms. The molecule has 2 nitrogen and oxygen atoms in total. The Kier molecular flexibility index (Phi) is 2.58. The zero-order chi connectivity index (χ0) is 11.8. The van der Waals surface area contributed by atoms with E-state index in [9.17, 15) is 13.2 Å². The number of rotatable bonds is 4. The average molecular weight is 231 g/mol. The summed E-state index contributed by atoms with van der Waals surface area (Å²) in [6.07, 6.45) is -0.233. The fourth-order valence-electron chi connectivity index (χ4n) is 1.53. The third-order valence-electron chi connectivity index (χ3n) is 2.75. The standard InChI is InChI=1S/C11H12F3NO/c12-8-2-1-3-9(6-8)16-5-4-10(15)7-11(10,13)14/h1-3,6H,4-5,7,15H2. The Labute approximate surface area is 91.2 Å². The van der Waals surface area contributed by atoms with Gasteiger partial charge in [0.1, 0.15) is 11.6 Å². The van der Waals surface area contributed by atoms with E-state index in [1.807, 2.05) is 0 Å². The van der Waals surface area contributed by atoms with E-state index in [1.54, 1.807) is 6.07 Å². The number of nitrogens with two attached hydrogens (primary N) is 1. The predicted molar refractivity (Wildman–Crippen MR) is 53.0 cm³/mol. The molecule has 1 unspecified atom stereocenters. The van der Waals surface area contributed by atoms with Crippen LogP contribution >= 0.6 is 0 Å². The summed E-state index contributed by atoms with van der Waals surface area (Å²) in [4.78, 5) is 0. The lowest BCUT2D eigenvalue weighted by molar-refractivity contribution is 0.0826. The third kappa shape index (κ3) is 2.14. The molecular weight excluding hydrogens is 219 g/mol. The molecule has 0 amide bonds. The van der Waals surface area contributed by atoms with Crippen molar-refractivity contribution in [2.75, 3.05) is 6.61 Å². The zero-order valence-corrected chi connectivity index (χ0v) is 8.55. The van der Waals surface area contributed by atoms with Gasteiger partial charge in [-0.25, -0.2) is 13.2 Å². The largest absolute Gasteiger partial charge is 0.493 e. The fraction of sp³-hybridized carbons (Fsp3) is 0.455. The molecule has 1 atom stereocenters. The van der Waals surface area contributed by atoms with Gasteiger partial charge in [0, 0.05) is 18.9 Å².